The minimum Gasteiger partial charge on any atom is -0.326 e. The molecule has 0 saturated heterocycles. The molecule has 2 aromatic rings. The number of anilines is 2. The predicted molar refractivity (Wildman–Crippen MR) is 79.8 cm³/mol. The monoisotopic (exact) mass is 286 g/mol. The van der Waals surface area contributed by atoms with E-state index in [2.05, 4.69) is 10.6 Å². The number of aryl methyl sites for hydroxylation is 1. The first-order valence-electron chi connectivity index (χ1n) is 6.41. The molecule has 4 nitrogen and oxygen atoms in total. The van der Waals surface area contributed by atoms with E-state index < -0.39 is 5.82 Å². The van der Waals surface area contributed by atoms with Crippen LogP contribution in [0, 0.1) is 12.7 Å². The lowest BCUT2D eigenvalue weighted by Crippen LogP contribution is -2.14. The summed E-state index contributed by atoms with van der Waals surface area (Å²) in [6.45, 7) is 3.17. The molecular weight excluding hydrogens is 271 g/mol. The number of rotatable bonds is 3. The molecule has 0 atom stereocenters. The van der Waals surface area contributed by atoms with Crippen LogP contribution in [0.25, 0.3) is 0 Å². The molecule has 0 heterocycles. The first-order chi connectivity index (χ1) is 9.95. The fraction of sp³-hybridized carbons (Fsp3) is 0.125. The molecule has 0 aliphatic carbocycles. The third-order valence-electron chi connectivity index (χ3n) is 2.89. The molecule has 2 rings (SSSR count). The van der Waals surface area contributed by atoms with Crippen LogP contribution >= 0.6 is 0 Å². The summed E-state index contributed by atoms with van der Waals surface area (Å²) in [4.78, 5) is 23.2. The number of amides is 2. The van der Waals surface area contributed by atoms with Crippen LogP contribution in [0.4, 0.5) is 15.8 Å². The maximum Gasteiger partial charge on any atom is 0.255 e. The molecule has 21 heavy (non-hydrogen) atoms. The minimum absolute atomic E-state index is 0.214. The van der Waals surface area contributed by atoms with Gasteiger partial charge < -0.3 is 10.6 Å². The van der Waals surface area contributed by atoms with E-state index >= 15 is 0 Å². The van der Waals surface area contributed by atoms with Gasteiger partial charge in [-0.25, -0.2) is 4.39 Å². The summed E-state index contributed by atoms with van der Waals surface area (Å²) in [5.41, 5.74) is 2.10. The van der Waals surface area contributed by atoms with E-state index in [1.807, 2.05) is 0 Å². The quantitative estimate of drug-likeness (QED) is 0.909. The first-order valence-corrected chi connectivity index (χ1v) is 6.41. The third kappa shape index (κ3) is 3.89. The normalized spacial score (nSPS) is 10.0. The molecule has 0 aliphatic rings. The second-order valence-electron chi connectivity index (χ2n) is 4.68. The van der Waals surface area contributed by atoms with Gasteiger partial charge >= 0.3 is 0 Å². The molecule has 2 aromatic carbocycles. The van der Waals surface area contributed by atoms with Gasteiger partial charge in [0.1, 0.15) is 5.82 Å². The van der Waals surface area contributed by atoms with Gasteiger partial charge in [0.15, 0.2) is 0 Å². The average molecular weight is 286 g/mol. The summed E-state index contributed by atoms with van der Waals surface area (Å²) in [5.74, 6) is -0.993. The Morgan fingerprint density at radius 1 is 1.05 bits per heavy atom. The largest absolute Gasteiger partial charge is 0.326 e. The predicted octanol–water partition coefficient (Wildman–Crippen LogP) is 3.34. The van der Waals surface area contributed by atoms with Crippen molar-refractivity contribution < 1.29 is 14.0 Å². The second kappa shape index (κ2) is 6.17. The number of carbonyl (C=O) groups is 2. The molecule has 2 N–H and O–H groups in total. The SMILES string of the molecule is CC(=O)Nc1cccc(C(=O)Nc2cc(F)ccc2C)c1. The van der Waals surface area contributed by atoms with Gasteiger partial charge in [0.05, 0.1) is 0 Å². The van der Waals surface area contributed by atoms with Gasteiger partial charge in [-0.3, -0.25) is 9.59 Å². The van der Waals surface area contributed by atoms with E-state index in [0.717, 1.165) is 5.56 Å². The molecule has 108 valence electrons. The molecule has 0 aliphatic heterocycles. The summed E-state index contributed by atoms with van der Waals surface area (Å²) in [7, 11) is 0. The Morgan fingerprint density at radius 2 is 1.81 bits per heavy atom. The van der Waals surface area contributed by atoms with Crippen LogP contribution in [0.1, 0.15) is 22.8 Å². The first kappa shape index (κ1) is 14.7. The van der Waals surface area contributed by atoms with Crippen molar-refractivity contribution in [3.05, 3.63) is 59.4 Å². The molecule has 0 spiro atoms. The maximum atomic E-state index is 13.2. The molecule has 0 bridgehead atoms. The maximum absolute atomic E-state index is 13.2. The van der Waals surface area contributed by atoms with Crippen LogP contribution in [0.2, 0.25) is 0 Å². The van der Waals surface area contributed by atoms with Crippen LogP contribution in [-0.2, 0) is 4.79 Å². The van der Waals surface area contributed by atoms with Crippen molar-refractivity contribution in [3.8, 4) is 0 Å². The lowest BCUT2D eigenvalue weighted by atomic mass is 10.1. The van der Waals surface area contributed by atoms with Crippen molar-refractivity contribution in [3.63, 3.8) is 0 Å². The summed E-state index contributed by atoms with van der Waals surface area (Å²) in [5, 5.41) is 5.26. The molecule has 0 aromatic heterocycles. The number of carbonyl (C=O) groups excluding carboxylic acids is 2. The van der Waals surface area contributed by atoms with Gasteiger partial charge in [0, 0.05) is 23.9 Å². The molecule has 0 fully saturated rings. The smallest absolute Gasteiger partial charge is 0.255 e. The van der Waals surface area contributed by atoms with E-state index in [1.54, 1.807) is 37.3 Å². The fourth-order valence-electron chi connectivity index (χ4n) is 1.86. The van der Waals surface area contributed by atoms with Crippen LogP contribution in [0.3, 0.4) is 0 Å². The summed E-state index contributed by atoms with van der Waals surface area (Å²) in [6, 6.07) is 10.7. The van der Waals surface area contributed by atoms with Crippen molar-refractivity contribution >= 4 is 23.2 Å². The highest BCUT2D eigenvalue weighted by molar-refractivity contribution is 6.05. The Kier molecular flexibility index (Phi) is 4.33. The van der Waals surface area contributed by atoms with E-state index in [-0.39, 0.29) is 11.8 Å². The van der Waals surface area contributed by atoms with Gasteiger partial charge in [-0.15, -0.1) is 0 Å². The molecule has 5 heteroatoms. The lowest BCUT2D eigenvalue weighted by Gasteiger charge is -2.09. The van der Waals surface area contributed by atoms with E-state index in [9.17, 15) is 14.0 Å². The molecule has 0 radical (unpaired) electrons. The zero-order valence-electron chi connectivity index (χ0n) is 11.7. The van der Waals surface area contributed by atoms with Gasteiger partial charge in [-0.2, -0.15) is 0 Å². The van der Waals surface area contributed by atoms with Crippen molar-refractivity contribution in [1.82, 2.24) is 0 Å². The topological polar surface area (TPSA) is 58.2 Å². The van der Waals surface area contributed by atoms with E-state index in [0.29, 0.717) is 16.9 Å². The third-order valence-corrected chi connectivity index (χ3v) is 2.89. The average Bonchev–Trinajstić information content (AvgIpc) is 2.42. The number of benzene rings is 2. The summed E-state index contributed by atoms with van der Waals surface area (Å²) in [6.07, 6.45) is 0. The fourth-order valence-corrected chi connectivity index (χ4v) is 1.86. The number of halogens is 1. The van der Waals surface area contributed by atoms with Gasteiger partial charge in [-0.1, -0.05) is 12.1 Å². The van der Waals surface area contributed by atoms with Gasteiger partial charge in [0.25, 0.3) is 5.91 Å². The van der Waals surface area contributed by atoms with Gasteiger partial charge in [-0.05, 0) is 42.8 Å². The van der Waals surface area contributed by atoms with Crippen LogP contribution in [0.15, 0.2) is 42.5 Å². The Hall–Kier alpha value is -2.69. The standard InChI is InChI=1S/C16H15FN2O2/c1-10-6-7-13(17)9-15(10)19-16(21)12-4-3-5-14(8-12)18-11(2)20/h3-9H,1-2H3,(H,18,20)(H,19,21). The van der Waals surface area contributed by atoms with Crippen molar-refractivity contribution in [2.24, 2.45) is 0 Å². The van der Waals surface area contributed by atoms with E-state index in [1.165, 1.54) is 19.1 Å². The van der Waals surface area contributed by atoms with Crippen molar-refractivity contribution in [2.75, 3.05) is 10.6 Å². The zero-order chi connectivity index (χ0) is 15.4. The highest BCUT2D eigenvalue weighted by atomic mass is 19.1. The zero-order valence-corrected chi connectivity index (χ0v) is 11.7. The lowest BCUT2D eigenvalue weighted by molar-refractivity contribution is -0.114. The molecular formula is C16H15FN2O2. The van der Waals surface area contributed by atoms with Crippen molar-refractivity contribution in [1.29, 1.82) is 0 Å². The van der Waals surface area contributed by atoms with E-state index in [4.69, 9.17) is 0 Å². The Balaban J connectivity index is 2.20. The van der Waals surface area contributed by atoms with Crippen LogP contribution in [-0.4, -0.2) is 11.8 Å². The molecule has 0 unspecified atom stereocenters. The van der Waals surface area contributed by atoms with Crippen molar-refractivity contribution in [2.45, 2.75) is 13.8 Å². The van der Waals surface area contributed by atoms with Crippen LogP contribution < -0.4 is 10.6 Å². The Labute approximate surface area is 122 Å². The van der Waals surface area contributed by atoms with Gasteiger partial charge in [0.2, 0.25) is 5.91 Å². The second-order valence-corrected chi connectivity index (χ2v) is 4.68. The Bertz CT molecular complexity index is 698. The van der Waals surface area contributed by atoms with Crippen LogP contribution in [0.5, 0.6) is 0 Å². The minimum atomic E-state index is -0.414. The molecule has 2 amide bonds. The number of hydrogen-bond donors (Lipinski definition) is 2. The molecule has 0 saturated carbocycles. The summed E-state index contributed by atoms with van der Waals surface area (Å²) < 4.78 is 13.2. The highest BCUT2D eigenvalue weighted by Gasteiger charge is 2.09. The summed E-state index contributed by atoms with van der Waals surface area (Å²) >= 11 is 0. The highest BCUT2D eigenvalue weighted by Crippen LogP contribution is 2.18. The number of nitrogens with one attached hydrogen (secondary N) is 2. The number of hydrogen-bond acceptors (Lipinski definition) is 2. The Morgan fingerprint density at radius 3 is 2.52 bits per heavy atom.